The van der Waals surface area contributed by atoms with Crippen LogP contribution in [0.25, 0.3) is 9.81 Å². The molecule has 2 aromatic rings. The van der Waals surface area contributed by atoms with E-state index in [1.54, 1.807) is 23.5 Å². The quantitative estimate of drug-likeness (QED) is 0.410. The molecule has 4 heteroatoms. The van der Waals surface area contributed by atoms with Crippen molar-refractivity contribution in [1.29, 1.82) is 0 Å². The third kappa shape index (κ3) is 3.82. The summed E-state index contributed by atoms with van der Waals surface area (Å²) in [4.78, 5) is 4.30. The fourth-order valence-electron chi connectivity index (χ4n) is 1.77. The van der Waals surface area contributed by atoms with Crippen molar-refractivity contribution in [2.75, 3.05) is 12.5 Å². The number of thioether (sulfide) groups is 2. The molecule has 0 heterocycles. The molecule has 2 rings (SSSR count). The SMILES string of the molecule is CSc1ccc(C(S)=C(S)c2ccc(SC)cc2)cc1. The minimum atomic E-state index is 0.901. The number of rotatable bonds is 4. The van der Waals surface area contributed by atoms with Crippen LogP contribution >= 0.6 is 48.8 Å². The highest BCUT2D eigenvalue weighted by Gasteiger charge is 2.05. The maximum Gasteiger partial charge on any atom is 0.0253 e. The summed E-state index contributed by atoms with van der Waals surface area (Å²) in [5.74, 6) is 0. The van der Waals surface area contributed by atoms with E-state index in [1.165, 1.54) is 9.79 Å². The molecular weight excluding hydrogens is 320 g/mol. The van der Waals surface area contributed by atoms with Gasteiger partial charge in [-0.05, 0) is 47.9 Å². The van der Waals surface area contributed by atoms with Crippen LogP contribution in [-0.4, -0.2) is 12.5 Å². The van der Waals surface area contributed by atoms with E-state index in [2.05, 4.69) is 86.3 Å². The zero-order valence-corrected chi connectivity index (χ0v) is 14.8. The molecule has 0 nitrogen and oxygen atoms in total. The highest BCUT2D eigenvalue weighted by atomic mass is 32.2. The van der Waals surface area contributed by atoms with Crippen LogP contribution in [-0.2, 0) is 0 Å². The summed E-state index contributed by atoms with van der Waals surface area (Å²) in [7, 11) is 0. The van der Waals surface area contributed by atoms with Crippen molar-refractivity contribution < 1.29 is 0 Å². The van der Waals surface area contributed by atoms with Gasteiger partial charge >= 0.3 is 0 Å². The summed E-state index contributed by atoms with van der Waals surface area (Å²) >= 11 is 12.7. The third-order valence-electron chi connectivity index (χ3n) is 2.95. The maximum absolute atomic E-state index is 4.63. The highest BCUT2D eigenvalue weighted by molar-refractivity contribution is 7.99. The van der Waals surface area contributed by atoms with Crippen molar-refractivity contribution in [3.63, 3.8) is 0 Å². The summed E-state index contributed by atoms with van der Waals surface area (Å²) < 4.78 is 0. The Morgan fingerprint density at radius 1 is 0.650 bits per heavy atom. The first kappa shape index (κ1) is 16.0. The van der Waals surface area contributed by atoms with Gasteiger partial charge in [-0.15, -0.1) is 48.8 Å². The number of thiol groups is 2. The lowest BCUT2D eigenvalue weighted by atomic mass is 10.1. The van der Waals surface area contributed by atoms with Crippen LogP contribution in [0.1, 0.15) is 11.1 Å². The fourth-order valence-corrected chi connectivity index (χ4v) is 3.14. The molecule has 104 valence electrons. The van der Waals surface area contributed by atoms with Gasteiger partial charge in [0.2, 0.25) is 0 Å². The average Bonchev–Trinajstić information content (AvgIpc) is 2.53. The topological polar surface area (TPSA) is 0 Å². The summed E-state index contributed by atoms with van der Waals surface area (Å²) in [5.41, 5.74) is 2.18. The maximum atomic E-state index is 4.63. The Labute approximate surface area is 140 Å². The molecule has 0 radical (unpaired) electrons. The largest absolute Gasteiger partial charge is 0.142 e. The van der Waals surface area contributed by atoms with Gasteiger partial charge in [0, 0.05) is 19.6 Å². The van der Waals surface area contributed by atoms with Gasteiger partial charge in [0.1, 0.15) is 0 Å². The Balaban J connectivity index is 2.32. The van der Waals surface area contributed by atoms with Crippen LogP contribution in [0.4, 0.5) is 0 Å². The lowest BCUT2D eigenvalue weighted by Crippen LogP contribution is -1.83. The molecule has 0 aromatic heterocycles. The van der Waals surface area contributed by atoms with E-state index in [0.29, 0.717) is 0 Å². The average molecular weight is 337 g/mol. The van der Waals surface area contributed by atoms with Crippen LogP contribution in [0.15, 0.2) is 58.3 Å². The Morgan fingerprint density at radius 2 is 0.950 bits per heavy atom. The first-order valence-corrected chi connectivity index (χ1v) is 9.41. The molecule has 0 atom stereocenters. The second kappa shape index (κ2) is 7.55. The molecule has 0 amide bonds. The minimum absolute atomic E-state index is 0.901. The van der Waals surface area contributed by atoms with Gasteiger partial charge in [0.15, 0.2) is 0 Å². The highest BCUT2D eigenvalue weighted by Crippen LogP contribution is 2.33. The molecule has 0 fully saturated rings. The molecule has 0 saturated heterocycles. The fraction of sp³-hybridized carbons (Fsp3) is 0.125. The van der Waals surface area contributed by atoms with E-state index in [-0.39, 0.29) is 0 Å². The van der Waals surface area contributed by atoms with Crippen molar-refractivity contribution in [2.45, 2.75) is 9.79 Å². The van der Waals surface area contributed by atoms with Crippen LogP contribution in [0.5, 0.6) is 0 Å². The predicted molar refractivity (Wildman–Crippen MR) is 101 cm³/mol. The molecule has 0 spiro atoms. The monoisotopic (exact) mass is 336 g/mol. The van der Waals surface area contributed by atoms with E-state index in [1.807, 2.05) is 0 Å². The zero-order valence-electron chi connectivity index (χ0n) is 11.3. The Bertz CT molecular complexity index is 542. The summed E-state index contributed by atoms with van der Waals surface area (Å²) in [5, 5.41) is 0. The van der Waals surface area contributed by atoms with Crippen molar-refractivity contribution in [3.8, 4) is 0 Å². The normalized spacial score (nSPS) is 12.2. The Morgan fingerprint density at radius 3 is 1.20 bits per heavy atom. The van der Waals surface area contributed by atoms with Gasteiger partial charge in [0.05, 0.1) is 0 Å². The van der Waals surface area contributed by atoms with Crippen LogP contribution < -0.4 is 0 Å². The van der Waals surface area contributed by atoms with Crippen molar-refractivity contribution in [3.05, 3.63) is 59.7 Å². The minimum Gasteiger partial charge on any atom is -0.142 e. The predicted octanol–water partition coefficient (Wildman–Crippen LogP) is 5.82. The van der Waals surface area contributed by atoms with E-state index in [4.69, 9.17) is 0 Å². The molecule has 0 aliphatic heterocycles. The Hall–Kier alpha value is -0.420. The third-order valence-corrected chi connectivity index (χ3v) is 5.58. The zero-order chi connectivity index (χ0) is 14.5. The molecule has 0 saturated carbocycles. The van der Waals surface area contributed by atoms with E-state index in [9.17, 15) is 0 Å². The molecule has 0 N–H and O–H groups in total. The first-order valence-electron chi connectivity index (χ1n) is 6.06. The van der Waals surface area contributed by atoms with Crippen LogP contribution in [0, 0.1) is 0 Å². The second-order valence-corrected chi connectivity index (χ2v) is 6.81. The van der Waals surface area contributed by atoms with Crippen molar-refractivity contribution in [1.82, 2.24) is 0 Å². The van der Waals surface area contributed by atoms with Gasteiger partial charge in [-0.3, -0.25) is 0 Å². The van der Waals surface area contributed by atoms with Crippen LogP contribution in [0.3, 0.4) is 0 Å². The van der Waals surface area contributed by atoms with E-state index < -0.39 is 0 Å². The summed E-state index contributed by atoms with van der Waals surface area (Å²) in [6.07, 6.45) is 4.15. The smallest absolute Gasteiger partial charge is 0.0253 e. The van der Waals surface area contributed by atoms with Gasteiger partial charge in [-0.25, -0.2) is 0 Å². The second-order valence-electron chi connectivity index (χ2n) is 4.15. The lowest BCUT2D eigenvalue weighted by Gasteiger charge is -2.08. The van der Waals surface area contributed by atoms with Crippen LogP contribution in [0.2, 0.25) is 0 Å². The molecular formula is C16H16S4. The van der Waals surface area contributed by atoms with Gasteiger partial charge < -0.3 is 0 Å². The molecule has 0 aliphatic rings. The summed E-state index contributed by atoms with van der Waals surface area (Å²) in [6.45, 7) is 0. The first-order chi connectivity index (χ1) is 9.65. The van der Waals surface area contributed by atoms with Crippen molar-refractivity contribution >= 4 is 58.6 Å². The Kier molecular flexibility index (Phi) is 6.02. The van der Waals surface area contributed by atoms with Gasteiger partial charge in [0.25, 0.3) is 0 Å². The summed E-state index contributed by atoms with van der Waals surface area (Å²) in [6, 6.07) is 16.8. The molecule has 0 unspecified atom stereocenters. The molecule has 0 aliphatic carbocycles. The molecule has 2 aromatic carbocycles. The lowest BCUT2D eigenvalue weighted by molar-refractivity contribution is 1.44. The number of hydrogen-bond donors (Lipinski definition) is 2. The molecule has 20 heavy (non-hydrogen) atoms. The van der Waals surface area contributed by atoms with Gasteiger partial charge in [-0.1, -0.05) is 24.3 Å². The standard InChI is InChI=1S/C16H16S4/c1-19-13-7-3-11(4-8-13)15(17)16(18)12-5-9-14(20-2)10-6-12/h3-10,17-18H,1-2H3. The van der Waals surface area contributed by atoms with E-state index >= 15 is 0 Å². The molecule has 0 bridgehead atoms. The van der Waals surface area contributed by atoms with E-state index in [0.717, 1.165) is 20.9 Å². The number of benzene rings is 2. The number of hydrogen-bond acceptors (Lipinski definition) is 4. The van der Waals surface area contributed by atoms with Crippen molar-refractivity contribution in [2.24, 2.45) is 0 Å². The van der Waals surface area contributed by atoms with Gasteiger partial charge in [-0.2, -0.15) is 0 Å².